The number of hydrogen-bond donors (Lipinski definition) is 2. The van der Waals surface area contributed by atoms with Crippen LogP contribution in [0.5, 0.6) is 0 Å². The van der Waals surface area contributed by atoms with Crippen LogP contribution in [0.25, 0.3) is 5.53 Å². The molecule has 0 aromatic carbocycles. The van der Waals surface area contributed by atoms with Gasteiger partial charge in [-0.05, 0) is 6.08 Å². The predicted molar refractivity (Wildman–Crippen MR) is 52.7 cm³/mol. The molecule has 0 aliphatic heterocycles. The minimum atomic E-state index is -4.87. The van der Waals surface area contributed by atoms with E-state index in [0.717, 1.165) is 18.2 Å². The van der Waals surface area contributed by atoms with Crippen LogP contribution in [-0.2, 0) is 20.2 Å². The van der Waals surface area contributed by atoms with Crippen LogP contribution in [0.4, 0.5) is 0 Å². The summed E-state index contributed by atoms with van der Waals surface area (Å²) >= 11 is 0. The molecule has 0 saturated carbocycles. The molecular formula is C6H6N2O6S2. The minimum Gasteiger partial charge on any atom is -0.361 e. The molecule has 0 saturated heterocycles. The molecule has 88 valence electrons. The van der Waals surface area contributed by atoms with Gasteiger partial charge in [-0.15, -0.1) is 0 Å². The SMILES string of the molecule is [N-]=[N+]=C1C=CC=C(S(=O)(=O)O)C1S(=O)(=O)O. The zero-order valence-electron chi connectivity index (χ0n) is 7.55. The number of rotatable bonds is 2. The van der Waals surface area contributed by atoms with Gasteiger partial charge in [-0.1, -0.05) is 6.08 Å². The van der Waals surface area contributed by atoms with Gasteiger partial charge in [-0.25, -0.2) is 0 Å². The summed E-state index contributed by atoms with van der Waals surface area (Å²) in [6.07, 6.45) is 2.81. The molecule has 16 heavy (non-hydrogen) atoms. The quantitative estimate of drug-likeness (QED) is 0.382. The van der Waals surface area contributed by atoms with Gasteiger partial charge in [0.2, 0.25) is 5.25 Å². The second-order valence-electron chi connectivity index (χ2n) is 2.82. The smallest absolute Gasteiger partial charge is 0.317 e. The fourth-order valence-electron chi connectivity index (χ4n) is 1.17. The van der Waals surface area contributed by atoms with Crippen LogP contribution in [0.1, 0.15) is 0 Å². The fraction of sp³-hybridized carbons (Fsp3) is 0.167. The van der Waals surface area contributed by atoms with E-state index >= 15 is 0 Å². The summed E-state index contributed by atoms with van der Waals surface area (Å²) in [5.41, 5.74) is 7.85. The molecule has 0 aromatic rings. The summed E-state index contributed by atoms with van der Waals surface area (Å²) < 4.78 is 61.1. The Bertz CT molecular complexity index is 620. The van der Waals surface area contributed by atoms with E-state index in [1.807, 2.05) is 0 Å². The van der Waals surface area contributed by atoms with Crippen molar-refractivity contribution in [2.75, 3.05) is 0 Å². The first kappa shape index (κ1) is 12.7. The van der Waals surface area contributed by atoms with Gasteiger partial charge in [0.1, 0.15) is 4.91 Å². The topological polar surface area (TPSA) is 145 Å². The van der Waals surface area contributed by atoms with E-state index < -0.39 is 36.1 Å². The van der Waals surface area contributed by atoms with Crippen LogP contribution in [-0.4, -0.2) is 41.7 Å². The highest BCUT2D eigenvalue weighted by Gasteiger charge is 2.43. The molecule has 0 bridgehead atoms. The second kappa shape index (κ2) is 3.92. The van der Waals surface area contributed by atoms with E-state index in [4.69, 9.17) is 14.6 Å². The van der Waals surface area contributed by atoms with Gasteiger partial charge < -0.3 is 5.53 Å². The minimum absolute atomic E-state index is 0.613. The number of hydrogen-bond acceptors (Lipinski definition) is 4. The van der Waals surface area contributed by atoms with Crippen molar-refractivity contribution in [3.05, 3.63) is 28.7 Å². The highest BCUT2D eigenvalue weighted by atomic mass is 32.2. The van der Waals surface area contributed by atoms with Crippen LogP contribution < -0.4 is 0 Å². The Hall–Kier alpha value is -1.32. The van der Waals surface area contributed by atoms with Gasteiger partial charge in [0.15, 0.2) is 0 Å². The molecule has 0 heterocycles. The third-order valence-corrected chi connectivity index (χ3v) is 3.97. The molecule has 1 rings (SSSR count). The van der Waals surface area contributed by atoms with Crippen molar-refractivity contribution in [3.8, 4) is 0 Å². The van der Waals surface area contributed by atoms with Crippen molar-refractivity contribution in [3.63, 3.8) is 0 Å². The summed E-state index contributed by atoms with van der Waals surface area (Å²) in [5, 5.41) is -2.13. The lowest BCUT2D eigenvalue weighted by Crippen LogP contribution is -2.35. The lowest BCUT2D eigenvalue weighted by Gasteiger charge is -2.12. The molecule has 0 radical (unpaired) electrons. The second-order valence-corrected chi connectivity index (χ2v) is 5.75. The largest absolute Gasteiger partial charge is 0.361 e. The van der Waals surface area contributed by atoms with E-state index in [9.17, 15) is 16.8 Å². The van der Waals surface area contributed by atoms with Crippen molar-refractivity contribution in [2.24, 2.45) is 0 Å². The van der Waals surface area contributed by atoms with Gasteiger partial charge >= 0.3 is 5.71 Å². The molecule has 1 unspecified atom stereocenters. The predicted octanol–water partition coefficient (Wildman–Crippen LogP) is -0.745. The van der Waals surface area contributed by atoms with Crippen molar-refractivity contribution >= 4 is 25.9 Å². The molecule has 2 N–H and O–H groups in total. The summed E-state index contributed by atoms with van der Waals surface area (Å²) in [5.74, 6) is 0. The molecule has 1 aliphatic rings. The first-order valence-electron chi connectivity index (χ1n) is 3.72. The third kappa shape index (κ3) is 2.43. The van der Waals surface area contributed by atoms with Crippen LogP contribution in [0, 0.1) is 0 Å². The first-order valence-corrected chi connectivity index (χ1v) is 6.66. The summed E-state index contributed by atoms with van der Waals surface area (Å²) in [6, 6.07) is 0. The Morgan fingerprint density at radius 1 is 1.25 bits per heavy atom. The van der Waals surface area contributed by atoms with Gasteiger partial charge in [0.05, 0.1) is 0 Å². The molecule has 1 aliphatic carbocycles. The highest BCUT2D eigenvalue weighted by Crippen LogP contribution is 2.21. The van der Waals surface area contributed by atoms with E-state index in [1.165, 1.54) is 0 Å². The average molecular weight is 266 g/mol. The maximum atomic E-state index is 10.9. The van der Waals surface area contributed by atoms with E-state index in [-0.39, 0.29) is 0 Å². The Morgan fingerprint density at radius 2 is 1.81 bits per heavy atom. The van der Waals surface area contributed by atoms with Gasteiger partial charge in [-0.3, -0.25) is 9.11 Å². The van der Waals surface area contributed by atoms with Crippen LogP contribution in [0.3, 0.4) is 0 Å². The Balaban J connectivity index is 3.56. The number of nitrogens with zero attached hydrogens (tertiary/aromatic N) is 2. The van der Waals surface area contributed by atoms with Crippen molar-refractivity contribution < 1.29 is 30.7 Å². The average Bonchev–Trinajstić information content (AvgIpc) is 2.13. The Morgan fingerprint density at radius 3 is 2.19 bits per heavy atom. The lowest BCUT2D eigenvalue weighted by molar-refractivity contribution is -0.00533. The first-order chi connectivity index (χ1) is 7.18. The molecule has 0 amide bonds. The molecule has 0 aromatic heterocycles. The van der Waals surface area contributed by atoms with Crippen LogP contribution in [0.15, 0.2) is 23.1 Å². The standard InChI is InChI=1S/C6H6N2O6S2/c7-8-4-2-1-3-5(15(9,10)11)6(4)16(12,13)14/h1-3,6H,(H,9,10,11)(H,12,13,14). The van der Waals surface area contributed by atoms with E-state index in [1.54, 1.807) is 0 Å². The summed E-state index contributed by atoms with van der Waals surface area (Å²) in [4.78, 5) is 1.55. The van der Waals surface area contributed by atoms with E-state index in [0.29, 0.717) is 0 Å². The van der Waals surface area contributed by atoms with Gasteiger partial charge in [-0.2, -0.15) is 21.6 Å². The zero-order valence-corrected chi connectivity index (χ0v) is 9.18. The highest BCUT2D eigenvalue weighted by molar-refractivity contribution is 7.93. The lowest BCUT2D eigenvalue weighted by atomic mass is 10.1. The molecule has 8 nitrogen and oxygen atoms in total. The normalized spacial score (nSPS) is 21.5. The molecule has 10 heteroatoms. The van der Waals surface area contributed by atoms with Crippen molar-refractivity contribution in [1.29, 1.82) is 0 Å². The molecular weight excluding hydrogens is 260 g/mol. The molecule has 0 fully saturated rings. The monoisotopic (exact) mass is 266 g/mol. The van der Waals surface area contributed by atoms with Gasteiger partial charge in [0, 0.05) is 6.08 Å². The zero-order chi connectivity index (χ0) is 12.6. The molecule has 1 atom stereocenters. The Labute approximate surface area is 91.0 Å². The summed E-state index contributed by atoms with van der Waals surface area (Å²) in [6.45, 7) is 0. The fourth-order valence-corrected chi connectivity index (χ4v) is 3.34. The maximum absolute atomic E-state index is 10.9. The van der Waals surface area contributed by atoms with E-state index in [2.05, 4.69) is 4.79 Å². The van der Waals surface area contributed by atoms with Crippen LogP contribution in [0.2, 0.25) is 0 Å². The van der Waals surface area contributed by atoms with Crippen molar-refractivity contribution in [1.82, 2.24) is 0 Å². The van der Waals surface area contributed by atoms with Crippen molar-refractivity contribution in [2.45, 2.75) is 5.25 Å². The summed E-state index contributed by atoms with van der Waals surface area (Å²) in [7, 11) is -9.69. The maximum Gasteiger partial charge on any atom is 0.317 e. The van der Waals surface area contributed by atoms with Gasteiger partial charge in [0.25, 0.3) is 20.2 Å². The third-order valence-electron chi connectivity index (χ3n) is 1.77. The number of allylic oxidation sites excluding steroid dienone is 3. The van der Waals surface area contributed by atoms with Crippen LogP contribution >= 0.6 is 0 Å². The Kier molecular flexibility index (Phi) is 3.13. The molecule has 0 spiro atoms.